The molecule has 0 radical (unpaired) electrons. The third kappa shape index (κ3) is 4.23. The van der Waals surface area contributed by atoms with Crippen molar-refractivity contribution in [1.82, 2.24) is 15.2 Å². The lowest BCUT2D eigenvalue weighted by Gasteiger charge is -2.18. The predicted octanol–water partition coefficient (Wildman–Crippen LogP) is 4.59. The summed E-state index contributed by atoms with van der Waals surface area (Å²) >= 11 is 0. The Bertz CT molecular complexity index is 977. The number of amides is 1. The van der Waals surface area contributed by atoms with Gasteiger partial charge in [0.05, 0.1) is 11.3 Å². The SMILES string of the molecule is CCN(CC)CCNC(=O)c1cnc(-c2ccccc2C)c2cc(C)ccc12. The molecule has 3 aromatic rings. The van der Waals surface area contributed by atoms with Gasteiger partial charge < -0.3 is 10.2 Å². The Morgan fingerprint density at radius 2 is 1.79 bits per heavy atom. The molecule has 1 heterocycles. The second-order valence-corrected chi connectivity index (χ2v) is 7.17. The smallest absolute Gasteiger partial charge is 0.253 e. The molecule has 0 aliphatic rings. The Kier molecular flexibility index (Phi) is 6.42. The Morgan fingerprint density at radius 3 is 2.50 bits per heavy atom. The number of benzene rings is 2. The molecule has 1 N–H and O–H groups in total. The van der Waals surface area contributed by atoms with E-state index >= 15 is 0 Å². The highest BCUT2D eigenvalue weighted by Crippen LogP contribution is 2.31. The molecule has 0 bridgehead atoms. The van der Waals surface area contributed by atoms with Gasteiger partial charge in [-0.05, 0) is 44.0 Å². The highest BCUT2D eigenvalue weighted by molar-refractivity contribution is 6.10. The lowest BCUT2D eigenvalue weighted by molar-refractivity contribution is 0.0950. The van der Waals surface area contributed by atoms with Crippen molar-refractivity contribution in [2.24, 2.45) is 0 Å². The number of carbonyl (C=O) groups excluding carboxylic acids is 1. The van der Waals surface area contributed by atoms with E-state index in [-0.39, 0.29) is 5.91 Å². The van der Waals surface area contributed by atoms with Crippen LogP contribution in [0.2, 0.25) is 0 Å². The number of hydrogen-bond acceptors (Lipinski definition) is 3. The van der Waals surface area contributed by atoms with Crippen LogP contribution in [-0.2, 0) is 0 Å². The van der Waals surface area contributed by atoms with Gasteiger partial charge in [0.25, 0.3) is 5.91 Å². The fourth-order valence-corrected chi connectivity index (χ4v) is 3.55. The molecule has 4 nitrogen and oxygen atoms in total. The quantitative estimate of drug-likeness (QED) is 0.657. The van der Waals surface area contributed by atoms with E-state index in [0.29, 0.717) is 12.1 Å². The molecule has 0 atom stereocenters. The molecule has 146 valence electrons. The van der Waals surface area contributed by atoms with E-state index in [1.165, 1.54) is 5.56 Å². The summed E-state index contributed by atoms with van der Waals surface area (Å²) in [7, 11) is 0. The summed E-state index contributed by atoms with van der Waals surface area (Å²) in [6.45, 7) is 11.9. The summed E-state index contributed by atoms with van der Waals surface area (Å²) in [6, 6.07) is 14.4. The van der Waals surface area contributed by atoms with Gasteiger partial charge in [0.2, 0.25) is 0 Å². The third-order valence-electron chi connectivity index (χ3n) is 5.30. The van der Waals surface area contributed by atoms with E-state index in [1.807, 2.05) is 18.2 Å². The second-order valence-electron chi connectivity index (χ2n) is 7.17. The first-order chi connectivity index (χ1) is 13.5. The molecule has 0 fully saturated rings. The van der Waals surface area contributed by atoms with Crippen LogP contribution < -0.4 is 5.32 Å². The van der Waals surface area contributed by atoms with Gasteiger partial charge in [0.15, 0.2) is 0 Å². The van der Waals surface area contributed by atoms with E-state index in [0.717, 1.165) is 47.2 Å². The highest BCUT2D eigenvalue weighted by Gasteiger charge is 2.15. The van der Waals surface area contributed by atoms with Gasteiger partial charge in [-0.3, -0.25) is 9.78 Å². The van der Waals surface area contributed by atoms with Gasteiger partial charge in [-0.1, -0.05) is 55.8 Å². The van der Waals surface area contributed by atoms with Crippen LogP contribution >= 0.6 is 0 Å². The minimum Gasteiger partial charge on any atom is -0.351 e. The number of aromatic nitrogens is 1. The second kappa shape index (κ2) is 8.98. The number of aryl methyl sites for hydroxylation is 2. The van der Waals surface area contributed by atoms with Crippen LogP contribution in [0.5, 0.6) is 0 Å². The summed E-state index contributed by atoms with van der Waals surface area (Å²) < 4.78 is 0. The standard InChI is InChI=1S/C24H29N3O/c1-5-27(6-2)14-13-25-24(28)22-16-26-23(19-10-8-7-9-18(19)4)21-15-17(3)11-12-20(21)22/h7-12,15-16H,5-6,13-14H2,1-4H3,(H,25,28). The number of carbonyl (C=O) groups is 1. The monoisotopic (exact) mass is 375 g/mol. The maximum atomic E-state index is 12.8. The van der Waals surface area contributed by atoms with Crippen LogP contribution in [-0.4, -0.2) is 42.0 Å². The van der Waals surface area contributed by atoms with Crippen molar-refractivity contribution in [2.75, 3.05) is 26.2 Å². The summed E-state index contributed by atoms with van der Waals surface area (Å²) in [5.41, 5.74) is 4.99. The van der Waals surface area contributed by atoms with Crippen molar-refractivity contribution >= 4 is 16.7 Å². The molecule has 28 heavy (non-hydrogen) atoms. The van der Waals surface area contributed by atoms with Gasteiger partial charge >= 0.3 is 0 Å². The zero-order chi connectivity index (χ0) is 20.1. The van der Waals surface area contributed by atoms with E-state index < -0.39 is 0 Å². The van der Waals surface area contributed by atoms with Gasteiger partial charge in [0, 0.05) is 30.2 Å². The van der Waals surface area contributed by atoms with Crippen LogP contribution in [0, 0.1) is 13.8 Å². The van der Waals surface area contributed by atoms with Gasteiger partial charge in [-0.25, -0.2) is 0 Å². The van der Waals surface area contributed by atoms with E-state index in [9.17, 15) is 4.79 Å². The number of nitrogens with one attached hydrogen (secondary N) is 1. The average Bonchev–Trinajstić information content (AvgIpc) is 2.70. The van der Waals surface area contributed by atoms with Crippen LogP contribution in [0.3, 0.4) is 0 Å². The zero-order valence-electron chi connectivity index (χ0n) is 17.2. The fraction of sp³-hybridized carbons (Fsp3) is 0.333. The van der Waals surface area contributed by atoms with Crippen LogP contribution in [0.25, 0.3) is 22.0 Å². The summed E-state index contributed by atoms with van der Waals surface area (Å²) in [5, 5.41) is 5.02. The van der Waals surface area contributed by atoms with Crippen LogP contribution in [0.1, 0.15) is 35.3 Å². The first-order valence-electron chi connectivity index (χ1n) is 10.0. The first-order valence-corrected chi connectivity index (χ1v) is 10.0. The molecule has 0 spiro atoms. The predicted molar refractivity (Wildman–Crippen MR) is 117 cm³/mol. The Balaban J connectivity index is 1.96. The first kappa shape index (κ1) is 20.0. The van der Waals surface area contributed by atoms with E-state index in [2.05, 4.69) is 62.2 Å². The Hall–Kier alpha value is -2.72. The number of rotatable bonds is 7. The Labute approximate surface area is 167 Å². The molecule has 0 aliphatic heterocycles. The third-order valence-corrected chi connectivity index (χ3v) is 5.30. The molecular formula is C24H29N3O. The molecule has 0 aliphatic carbocycles. The number of fused-ring (bicyclic) bond motifs is 1. The molecular weight excluding hydrogens is 346 g/mol. The molecule has 0 saturated heterocycles. The minimum absolute atomic E-state index is 0.0650. The number of nitrogens with zero attached hydrogens (tertiary/aromatic N) is 2. The number of pyridine rings is 1. The topological polar surface area (TPSA) is 45.2 Å². The minimum atomic E-state index is -0.0650. The van der Waals surface area contributed by atoms with Gasteiger partial charge in [-0.2, -0.15) is 0 Å². The average molecular weight is 376 g/mol. The molecule has 4 heteroatoms. The van der Waals surface area contributed by atoms with Crippen molar-refractivity contribution in [3.05, 3.63) is 65.4 Å². The fourth-order valence-electron chi connectivity index (χ4n) is 3.55. The van der Waals surface area contributed by atoms with Crippen LogP contribution in [0.4, 0.5) is 0 Å². The maximum absolute atomic E-state index is 12.8. The molecule has 2 aromatic carbocycles. The maximum Gasteiger partial charge on any atom is 0.253 e. The largest absolute Gasteiger partial charge is 0.351 e. The zero-order valence-corrected chi connectivity index (χ0v) is 17.2. The number of hydrogen-bond donors (Lipinski definition) is 1. The van der Waals surface area contributed by atoms with Crippen molar-refractivity contribution in [3.63, 3.8) is 0 Å². The van der Waals surface area contributed by atoms with Crippen molar-refractivity contribution in [2.45, 2.75) is 27.7 Å². The molecule has 1 aromatic heterocycles. The molecule has 0 unspecified atom stereocenters. The summed E-state index contributed by atoms with van der Waals surface area (Å²) in [6.07, 6.45) is 1.71. The normalized spacial score (nSPS) is 11.2. The molecule has 0 saturated carbocycles. The van der Waals surface area contributed by atoms with Crippen LogP contribution in [0.15, 0.2) is 48.7 Å². The number of likely N-dealkylation sites (N-methyl/N-ethyl adjacent to an activating group) is 1. The molecule has 1 amide bonds. The molecule has 3 rings (SSSR count). The highest BCUT2D eigenvalue weighted by atomic mass is 16.1. The van der Waals surface area contributed by atoms with Crippen molar-refractivity contribution in [3.8, 4) is 11.3 Å². The lowest BCUT2D eigenvalue weighted by Crippen LogP contribution is -2.34. The van der Waals surface area contributed by atoms with Gasteiger partial charge in [0.1, 0.15) is 0 Å². The summed E-state index contributed by atoms with van der Waals surface area (Å²) in [5.74, 6) is -0.0650. The van der Waals surface area contributed by atoms with Gasteiger partial charge in [-0.15, -0.1) is 0 Å². The Morgan fingerprint density at radius 1 is 1.04 bits per heavy atom. The lowest BCUT2D eigenvalue weighted by atomic mass is 9.96. The van der Waals surface area contributed by atoms with Crippen molar-refractivity contribution < 1.29 is 4.79 Å². The summed E-state index contributed by atoms with van der Waals surface area (Å²) in [4.78, 5) is 19.8. The van der Waals surface area contributed by atoms with E-state index in [1.54, 1.807) is 6.20 Å². The van der Waals surface area contributed by atoms with Crippen molar-refractivity contribution in [1.29, 1.82) is 0 Å². The van der Waals surface area contributed by atoms with E-state index in [4.69, 9.17) is 4.98 Å².